The molecule has 0 bridgehead atoms. The standard InChI is InChI=1S/C17H23N3O4/c1-13-16(17(24)20(18-13)8-11-23)12-14-2-4-15(5-3-14)19(6-9-21)7-10-22/h2-5,12,21-23H,6-11H2,1H3. The van der Waals surface area contributed by atoms with E-state index >= 15 is 0 Å². The van der Waals surface area contributed by atoms with E-state index in [4.69, 9.17) is 15.3 Å². The molecule has 0 saturated carbocycles. The first-order valence-corrected chi connectivity index (χ1v) is 7.87. The van der Waals surface area contributed by atoms with Gasteiger partial charge in [-0.2, -0.15) is 5.10 Å². The summed E-state index contributed by atoms with van der Waals surface area (Å²) >= 11 is 0. The van der Waals surface area contributed by atoms with Crippen molar-refractivity contribution < 1.29 is 20.1 Å². The van der Waals surface area contributed by atoms with E-state index in [0.717, 1.165) is 11.3 Å². The van der Waals surface area contributed by atoms with Crippen molar-refractivity contribution in [3.8, 4) is 0 Å². The number of β-amino-alcohol motifs (C(OH)–C–C–N with tert-alkyl or cyclic N) is 1. The molecule has 130 valence electrons. The molecule has 7 nitrogen and oxygen atoms in total. The molecule has 1 aliphatic rings. The summed E-state index contributed by atoms with van der Waals surface area (Å²) in [5.41, 5.74) is 2.89. The number of rotatable bonds is 8. The molecule has 2 rings (SSSR count). The first kappa shape index (κ1) is 18.1. The highest BCUT2D eigenvalue weighted by molar-refractivity contribution is 6.26. The Hall–Kier alpha value is -2.22. The van der Waals surface area contributed by atoms with Gasteiger partial charge in [0.15, 0.2) is 0 Å². The Morgan fingerprint density at radius 3 is 2.25 bits per heavy atom. The monoisotopic (exact) mass is 333 g/mol. The van der Waals surface area contributed by atoms with Crippen LogP contribution in [0.1, 0.15) is 12.5 Å². The fourth-order valence-corrected chi connectivity index (χ4v) is 2.55. The number of carbonyl (C=O) groups excluding carboxylic acids is 1. The van der Waals surface area contributed by atoms with Gasteiger partial charge in [-0.25, -0.2) is 5.01 Å². The molecule has 0 unspecified atom stereocenters. The van der Waals surface area contributed by atoms with Crippen LogP contribution in [0.5, 0.6) is 0 Å². The van der Waals surface area contributed by atoms with Crippen LogP contribution in [0.2, 0.25) is 0 Å². The molecule has 0 atom stereocenters. The van der Waals surface area contributed by atoms with Crippen molar-refractivity contribution in [1.29, 1.82) is 0 Å². The van der Waals surface area contributed by atoms with E-state index in [1.807, 2.05) is 29.2 Å². The molecule has 1 heterocycles. The fourth-order valence-electron chi connectivity index (χ4n) is 2.55. The van der Waals surface area contributed by atoms with Gasteiger partial charge >= 0.3 is 0 Å². The molecule has 0 aliphatic carbocycles. The van der Waals surface area contributed by atoms with Gasteiger partial charge in [-0.3, -0.25) is 4.79 Å². The molecule has 1 aliphatic heterocycles. The van der Waals surface area contributed by atoms with Gasteiger partial charge in [0.2, 0.25) is 0 Å². The predicted octanol–water partition coefficient (Wildman–Crippen LogP) is 0.0714. The van der Waals surface area contributed by atoms with E-state index in [9.17, 15) is 4.79 Å². The van der Waals surface area contributed by atoms with Gasteiger partial charge in [0, 0.05) is 18.8 Å². The lowest BCUT2D eigenvalue weighted by molar-refractivity contribution is -0.126. The smallest absolute Gasteiger partial charge is 0.275 e. The van der Waals surface area contributed by atoms with Crippen molar-refractivity contribution in [3.05, 3.63) is 35.4 Å². The average Bonchev–Trinajstić information content (AvgIpc) is 2.83. The molecule has 1 amide bonds. The maximum absolute atomic E-state index is 12.2. The summed E-state index contributed by atoms with van der Waals surface area (Å²) in [4.78, 5) is 14.1. The number of anilines is 1. The predicted molar refractivity (Wildman–Crippen MR) is 92.7 cm³/mol. The van der Waals surface area contributed by atoms with Crippen LogP contribution < -0.4 is 4.90 Å². The van der Waals surface area contributed by atoms with Gasteiger partial charge < -0.3 is 20.2 Å². The van der Waals surface area contributed by atoms with Gasteiger partial charge in [0.25, 0.3) is 5.91 Å². The Labute approximate surface area is 141 Å². The Morgan fingerprint density at radius 2 is 1.71 bits per heavy atom. The van der Waals surface area contributed by atoms with Crippen LogP contribution in [0, 0.1) is 0 Å². The van der Waals surface area contributed by atoms with Crippen LogP contribution in [0.15, 0.2) is 34.9 Å². The van der Waals surface area contributed by atoms with Gasteiger partial charge in [-0.1, -0.05) is 12.1 Å². The second kappa shape index (κ2) is 8.58. The Bertz CT molecular complexity index is 619. The molecule has 0 saturated heterocycles. The van der Waals surface area contributed by atoms with Crippen LogP contribution >= 0.6 is 0 Å². The minimum Gasteiger partial charge on any atom is -0.395 e. The first-order chi connectivity index (χ1) is 11.6. The van der Waals surface area contributed by atoms with Gasteiger partial charge in [-0.05, 0) is 30.7 Å². The zero-order chi connectivity index (χ0) is 17.5. The van der Waals surface area contributed by atoms with Crippen molar-refractivity contribution in [1.82, 2.24) is 5.01 Å². The molecule has 24 heavy (non-hydrogen) atoms. The van der Waals surface area contributed by atoms with E-state index in [0.29, 0.717) is 24.4 Å². The minimum absolute atomic E-state index is 0.0106. The molecule has 0 aromatic heterocycles. The second-order valence-electron chi connectivity index (χ2n) is 5.42. The third-order valence-electron chi connectivity index (χ3n) is 3.75. The summed E-state index contributed by atoms with van der Waals surface area (Å²) in [6, 6.07) is 7.52. The summed E-state index contributed by atoms with van der Waals surface area (Å²) in [6.45, 7) is 2.73. The summed E-state index contributed by atoms with van der Waals surface area (Å²) < 4.78 is 0. The molecule has 0 fully saturated rings. The third kappa shape index (κ3) is 4.19. The number of aliphatic hydroxyl groups is 3. The largest absolute Gasteiger partial charge is 0.395 e. The molecule has 3 N–H and O–H groups in total. The number of hydrogen-bond acceptors (Lipinski definition) is 6. The van der Waals surface area contributed by atoms with Gasteiger partial charge in [0.1, 0.15) is 0 Å². The zero-order valence-electron chi connectivity index (χ0n) is 13.7. The van der Waals surface area contributed by atoms with Crippen molar-refractivity contribution in [3.63, 3.8) is 0 Å². The lowest BCUT2D eigenvalue weighted by atomic mass is 10.1. The van der Waals surface area contributed by atoms with Crippen LogP contribution in [-0.4, -0.2) is 71.4 Å². The van der Waals surface area contributed by atoms with E-state index in [2.05, 4.69) is 5.10 Å². The van der Waals surface area contributed by atoms with E-state index in [1.165, 1.54) is 5.01 Å². The number of benzene rings is 1. The van der Waals surface area contributed by atoms with Gasteiger partial charge in [-0.15, -0.1) is 0 Å². The molecule has 1 aromatic carbocycles. The quantitative estimate of drug-likeness (QED) is 0.585. The molecule has 0 radical (unpaired) electrons. The molecule has 7 heteroatoms. The van der Waals surface area contributed by atoms with E-state index in [-0.39, 0.29) is 32.3 Å². The molecule has 1 aromatic rings. The SMILES string of the molecule is CC1=NN(CCO)C(=O)C1=Cc1ccc(N(CCO)CCO)cc1. The summed E-state index contributed by atoms with van der Waals surface area (Å²) in [7, 11) is 0. The maximum Gasteiger partial charge on any atom is 0.275 e. The Kier molecular flexibility index (Phi) is 6.48. The minimum atomic E-state index is -0.215. The lowest BCUT2D eigenvalue weighted by Crippen LogP contribution is -2.29. The van der Waals surface area contributed by atoms with Gasteiger partial charge in [0.05, 0.1) is 37.7 Å². The topological polar surface area (TPSA) is 96.6 Å². The molecule has 0 spiro atoms. The van der Waals surface area contributed by atoms with Crippen molar-refractivity contribution in [2.45, 2.75) is 6.92 Å². The van der Waals surface area contributed by atoms with Crippen LogP contribution in [0.3, 0.4) is 0 Å². The Balaban J connectivity index is 2.16. The van der Waals surface area contributed by atoms with Crippen LogP contribution in [0.4, 0.5) is 5.69 Å². The fraction of sp³-hybridized carbons (Fsp3) is 0.412. The third-order valence-corrected chi connectivity index (χ3v) is 3.75. The number of carbonyl (C=O) groups is 1. The van der Waals surface area contributed by atoms with Crippen LogP contribution in [-0.2, 0) is 4.79 Å². The molecular formula is C17H23N3O4. The molecular weight excluding hydrogens is 310 g/mol. The Morgan fingerprint density at radius 1 is 1.08 bits per heavy atom. The highest BCUT2D eigenvalue weighted by Gasteiger charge is 2.26. The summed E-state index contributed by atoms with van der Waals surface area (Å²) in [6.07, 6.45) is 1.77. The highest BCUT2D eigenvalue weighted by Crippen LogP contribution is 2.20. The van der Waals surface area contributed by atoms with E-state index < -0.39 is 0 Å². The van der Waals surface area contributed by atoms with Crippen molar-refractivity contribution >= 4 is 23.4 Å². The van der Waals surface area contributed by atoms with Crippen molar-refractivity contribution in [2.24, 2.45) is 5.10 Å². The number of nitrogens with zero attached hydrogens (tertiary/aromatic N) is 3. The second-order valence-corrected chi connectivity index (χ2v) is 5.42. The number of amides is 1. The average molecular weight is 333 g/mol. The maximum atomic E-state index is 12.2. The highest BCUT2D eigenvalue weighted by atomic mass is 16.3. The number of hydrazone groups is 1. The van der Waals surface area contributed by atoms with Crippen LogP contribution in [0.25, 0.3) is 6.08 Å². The number of aliphatic hydroxyl groups excluding tert-OH is 3. The summed E-state index contributed by atoms with van der Waals surface area (Å²) in [5.74, 6) is -0.215. The number of hydrogen-bond donors (Lipinski definition) is 3. The van der Waals surface area contributed by atoms with E-state index in [1.54, 1.807) is 13.0 Å². The summed E-state index contributed by atoms with van der Waals surface area (Å²) in [5, 5.41) is 32.5. The zero-order valence-corrected chi connectivity index (χ0v) is 13.7. The first-order valence-electron chi connectivity index (χ1n) is 7.87. The normalized spacial score (nSPS) is 16.0. The van der Waals surface area contributed by atoms with Crippen molar-refractivity contribution in [2.75, 3.05) is 44.4 Å². The lowest BCUT2D eigenvalue weighted by Gasteiger charge is -2.22.